The van der Waals surface area contributed by atoms with Gasteiger partial charge in [0, 0.05) is 5.69 Å². The van der Waals surface area contributed by atoms with Crippen molar-refractivity contribution in [3.8, 4) is 0 Å². The number of nitrogens with one attached hydrogen (secondary N) is 2. The van der Waals surface area contributed by atoms with Crippen molar-refractivity contribution in [3.05, 3.63) is 29.8 Å². The Balaban J connectivity index is 1.89. The molecule has 2 rings (SSSR count). The summed E-state index contributed by atoms with van der Waals surface area (Å²) >= 11 is 2.66. The van der Waals surface area contributed by atoms with Gasteiger partial charge in [0.05, 0.1) is 12.9 Å². The van der Waals surface area contributed by atoms with Crippen molar-refractivity contribution in [1.29, 1.82) is 0 Å². The number of hydrogen-bond donors (Lipinski definition) is 2. The van der Waals surface area contributed by atoms with E-state index in [1.807, 2.05) is 45.0 Å². The Bertz CT molecular complexity index is 781. The van der Waals surface area contributed by atoms with E-state index >= 15 is 0 Å². The van der Waals surface area contributed by atoms with Crippen molar-refractivity contribution >= 4 is 45.8 Å². The number of nitrogens with zero attached hydrogens (tertiary/aromatic N) is 2. The predicted molar refractivity (Wildman–Crippen MR) is 108 cm³/mol. The Morgan fingerprint density at radius 2 is 2.04 bits per heavy atom. The van der Waals surface area contributed by atoms with Crippen LogP contribution in [-0.2, 0) is 14.3 Å². The van der Waals surface area contributed by atoms with Gasteiger partial charge in [0.2, 0.25) is 11.0 Å². The number of benzene rings is 1. The van der Waals surface area contributed by atoms with E-state index in [-0.39, 0.29) is 17.6 Å². The average molecular weight is 409 g/mol. The van der Waals surface area contributed by atoms with Gasteiger partial charge in [-0.25, -0.2) is 4.79 Å². The number of ether oxygens (including phenoxy) is 1. The molecular formula is C18H24N4O3S2. The molecule has 9 heteroatoms. The molecule has 0 aliphatic heterocycles. The normalized spacial score (nSPS) is 12.9. The molecular weight excluding hydrogens is 384 g/mol. The summed E-state index contributed by atoms with van der Waals surface area (Å²) in [5, 5.41) is 14.8. The molecule has 0 bridgehead atoms. The lowest BCUT2D eigenvalue weighted by atomic mass is 9.99. The zero-order valence-electron chi connectivity index (χ0n) is 15.8. The molecule has 2 unspecified atom stereocenters. The SMILES string of the molecule is CCC(C)C(NC(=O)CSc1nnc(Nc2ccccc2C)s1)C(=O)OC. The first kappa shape index (κ1) is 21.2. The zero-order valence-corrected chi connectivity index (χ0v) is 17.4. The fourth-order valence-corrected chi connectivity index (χ4v) is 3.86. The van der Waals surface area contributed by atoms with Crippen molar-refractivity contribution in [1.82, 2.24) is 15.5 Å². The summed E-state index contributed by atoms with van der Waals surface area (Å²) in [4.78, 5) is 24.1. The van der Waals surface area contributed by atoms with Crippen LogP contribution in [0.25, 0.3) is 0 Å². The number of thioether (sulfide) groups is 1. The summed E-state index contributed by atoms with van der Waals surface area (Å²) in [6.45, 7) is 5.88. The molecule has 0 saturated heterocycles. The summed E-state index contributed by atoms with van der Waals surface area (Å²) < 4.78 is 5.46. The molecule has 2 aromatic rings. The maximum absolute atomic E-state index is 12.2. The van der Waals surface area contributed by atoms with E-state index < -0.39 is 12.0 Å². The summed E-state index contributed by atoms with van der Waals surface area (Å²) in [6, 6.07) is 7.27. The van der Waals surface area contributed by atoms with Crippen LogP contribution in [0.1, 0.15) is 25.8 Å². The van der Waals surface area contributed by atoms with Crippen LogP contribution in [-0.4, -0.2) is 41.0 Å². The lowest BCUT2D eigenvalue weighted by Gasteiger charge is -2.21. The van der Waals surface area contributed by atoms with Crippen LogP contribution in [0.3, 0.4) is 0 Å². The van der Waals surface area contributed by atoms with Gasteiger partial charge >= 0.3 is 5.97 Å². The minimum atomic E-state index is -0.638. The third-order valence-electron chi connectivity index (χ3n) is 4.10. The summed E-state index contributed by atoms with van der Waals surface area (Å²) in [5.74, 6) is -0.511. The number of hydrogen-bond acceptors (Lipinski definition) is 8. The summed E-state index contributed by atoms with van der Waals surface area (Å²) in [5.41, 5.74) is 2.08. The summed E-state index contributed by atoms with van der Waals surface area (Å²) in [7, 11) is 1.32. The number of methoxy groups -OCH3 is 1. The number of anilines is 2. The van der Waals surface area contributed by atoms with E-state index in [1.165, 1.54) is 30.2 Å². The monoisotopic (exact) mass is 408 g/mol. The van der Waals surface area contributed by atoms with Crippen LogP contribution in [0.2, 0.25) is 0 Å². The van der Waals surface area contributed by atoms with Gasteiger partial charge < -0.3 is 15.4 Å². The van der Waals surface area contributed by atoms with Crippen molar-refractivity contribution < 1.29 is 14.3 Å². The maximum atomic E-state index is 12.2. The molecule has 2 atom stereocenters. The molecule has 0 fully saturated rings. The molecule has 27 heavy (non-hydrogen) atoms. The first-order valence-corrected chi connectivity index (χ1v) is 10.4. The second kappa shape index (κ2) is 10.3. The number of amides is 1. The van der Waals surface area contributed by atoms with E-state index in [0.29, 0.717) is 9.47 Å². The number of aryl methyl sites for hydroxylation is 1. The Morgan fingerprint density at radius 1 is 1.30 bits per heavy atom. The highest BCUT2D eigenvalue weighted by Gasteiger charge is 2.26. The molecule has 1 heterocycles. The molecule has 0 saturated carbocycles. The van der Waals surface area contributed by atoms with E-state index in [1.54, 1.807) is 0 Å². The highest BCUT2D eigenvalue weighted by molar-refractivity contribution is 8.01. The lowest BCUT2D eigenvalue weighted by Crippen LogP contribution is -2.46. The smallest absolute Gasteiger partial charge is 0.328 e. The highest BCUT2D eigenvalue weighted by Crippen LogP contribution is 2.28. The van der Waals surface area contributed by atoms with Gasteiger partial charge in [0.25, 0.3) is 0 Å². The van der Waals surface area contributed by atoms with Crippen LogP contribution in [0.5, 0.6) is 0 Å². The Morgan fingerprint density at radius 3 is 2.70 bits per heavy atom. The molecule has 0 radical (unpaired) electrons. The van der Waals surface area contributed by atoms with Gasteiger partial charge in [-0.05, 0) is 24.5 Å². The molecule has 0 aliphatic rings. The second-order valence-corrected chi connectivity index (χ2v) is 8.26. The predicted octanol–water partition coefficient (Wildman–Crippen LogP) is 3.39. The van der Waals surface area contributed by atoms with E-state index in [0.717, 1.165) is 17.7 Å². The molecule has 1 amide bonds. The van der Waals surface area contributed by atoms with Crippen LogP contribution in [0.15, 0.2) is 28.6 Å². The van der Waals surface area contributed by atoms with Gasteiger partial charge in [0.15, 0.2) is 4.34 Å². The Hall–Kier alpha value is -2.13. The fourth-order valence-electron chi connectivity index (χ4n) is 2.29. The van der Waals surface area contributed by atoms with Gasteiger partial charge in [-0.15, -0.1) is 10.2 Å². The first-order valence-electron chi connectivity index (χ1n) is 8.60. The van der Waals surface area contributed by atoms with Gasteiger partial charge in [-0.1, -0.05) is 61.6 Å². The standard InChI is InChI=1S/C18H24N4O3S2/c1-5-11(2)15(16(24)25-4)20-14(23)10-26-18-22-21-17(27-18)19-13-9-7-6-8-12(13)3/h6-9,11,15H,5,10H2,1-4H3,(H,19,21)(H,20,23). The van der Waals surface area contributed by atoms with Crippen LogP contribution < -0.4 is 10.6 Å². The largest absolute Gasteiger partial charge is 0.467 e. The Kier molecular flexibility index (Phi) is 8.05. The van der Waals surface area contributed by atoms with Crippen LogP contribution in [0.4, 0.5) is 10.8 Å². The van der Waals surface area contributed by atoms with Crippen molar-refractivity contribution in [2.24, 2.45) is 5.92 Å². The minimum Gasteiger partial charge on any atom is -0.467 e. The number of aromatic nitrogens is 2. The molecule has 7 nitrogen and oxygen atoms in total. The van der Waals surface area contributed by atoms with Crippen molar-refractivity contribution in [2.75, 3.05) is 18.2 Å². The number of para-hydroxylation sites is 1. The third kappa shape index (κ3) is 6.21. The Labute approximate surface area is 167 Å². The maximum Gasteiger partial charge on any atom is 0.328 e. The number of rotatable bonds is 9. The minimum absolute atomic E-state index is 0.00200. The molecule has 1 aromatic heterocycles. The van der Waals surface area contributed by atoms with Gasteiger partial charge in [0.1, 0.15) is 6.04 Å². The first-order chi connectivity index (χ1) is 12.9. The van der Waals surface area contributed by atoms with Gasteiger partial charge in [-0.2, -0.15) is 0 Å². The molecule has 0 spiro atoms. The molecule has 0 aliphatic carbocycles. The van der Waals surface area contributed by atoms with Crippen molar-refractivity contribution in [3.63, 3.8) is 0 Å². The zero-order chi connectivity index (χ0) is 19.8. The molecule has 1 aromatic carbocycles. The number of esters is 1. The topological polar surface area (TPSA) is 93.2 Å². The summed E-state index contributed by atoms with van der Waals surface area (Å²) in [6.07, 6.45) is 0.761. The van der Waals surface area contributed by atoms with E-state index in [2.05, 4.69) is 20.8 Å². The van der Waals surface area contributed by atoms with Crippen LogP contribution in [0, 0.1) is 12.8 Å². The third-order valence-corrected chi connectivity index (χ3v) is 6.08. The van der Waals surface area contributed by atoms with E-state index in [9.17, 15) is 9.59 Å². The number of carbonyl (C=O) groups is 2. The van der Waals surface area contributed by atoms with E-state index in [4.69, 9.17) is 4.74 Å². The average Bonchev–Trinajstić information content (AvgIpc) is 3.12. The van der Waals surface area contributed by atoms with Crippen molar-refractivity contribution in [2.45, 2.75) is 37.6 Å². The molecule has 146 valence electrons. The second-order valence-electron chi connectivity index (χ2n) is 6.06. The highest BCUT2D eigenvalue weighted by atomic mass is 32.2. The van der Waals surface area contributed by atoms with Crippen LogP contribution >= 0.6 is 23.1 Å². The molecule has 2 N–H and O–H groups in total. The number of carbonyl (C=O) groups excluding carboxylic acids is 2. The lowest BCUT2D eigenvalue weighted by molar-refractivity contribution is -0.146. The van der Waals surface area contributed by atoms with Gasteiger partial charge in [-0.3, -0.25) is 4.79 Å². The quantitative estimate of drug-likeness (QED) is 0.485. The fraction of sp³-hybridized carbons (Fsp3) is 0.444.